The number of hydrogen-bond donors (Lipinski definition) is 0. The standard InChI is InChI=1S/C72H90As4OP4/c1-11-73(12-2)51-55-35-43-59(44-36-55)63-27-19-23-31-67(63)78-71(9,79-68-32-24-20-28-64(68)60-45-37-56(38-46-60)52-74(13-3)14-4)77-72(10,80-69-33-25-21-29-65(69)61-47-39-57(40-48-61)53-75(15-5)16-6)81-70-34-26-22-30-66(70)62-49-41-58(42-50-62)54-76(17-7)18-8/h19-50,78-81H,11-18,51-54H2,1-10H3. The van der Waals surface area contributed by atoms with Crippen molar-refractivity contribution in [3.8, 4) is 44.5 Å². The maximum atomic E-state index is 8.42. The Morgan fingerprint density at radius 3 is 0.642 bits per heavy atom. The van der Waals surface area contributed by atoms with E-state index in [1.54, 1.807) is 0 Å². The van der Waals surface area contributed by atoms with E-state index in [-0.39, 0.29) is 0 Å². The Bertz CT molecular complexity index is 2750. The van der Waals surface area contributed by atoms with Crippen LogP contribution in [0.15, 0.2) is 194 Å². The van der Waals surface area contributed by atoms with Crippen molar-refractivity contribution in [2.24, 2.45) is 0 Å². The summed E-state index contributed by atoms with van der Waals surface area (Å²) in [4.78, 5) is 0. The van der Waals surface area contributed by atoms with Gasteiger partial charge in [-0.1, -0.05) is 0 Å². The number of benzene rings is 8. The number of rotatable bonds is 30. The Hall–Kier alpha value is -2.33. The van der Waals surface area contributed by atoms with Crippen molar-refractivity contribution >= 4 is 114 Å². The normalized spacial score (nSPS) is 13.9. The molecule has 8 rings (SSSR count). The van der Waals surface area contributed by atoms with Gasteiger partial charge in [-0.05, 0) is 0 Å². The second-order valence-electron chi connectivity index (χ2n) is 21.5. The summed E-state index contributed by atoms with van der Waals surface area (Å²) >= 11 is -3.35. The molecule has 9 heteroatoms. The van der Waals surface area contributed by atoms with Gasteiger partial charge in [0.1, 0.15) is 0 Å². The maximum absolute atomic E-state index is 8.42. The molecule has 0 aliphatic carbocycles. The van der Waals surface area contributed by atoms with Crippen molar-refractivity contribution in [1.82, 2.24) is 0 Å². The van der Waals surface area contributed by atoms with Gasteiger partial charge in [-0.25, -0.2) is 0 Å². The van der Waals surface area contributed by atoms with E-state index in [4.69, 9.17) is 4.74 Å². The molecule has 0 amide bonds. The molecule has 0 saturated heterocycles. The van der Waals surface area contributed by atoms with Crippen molar-refractivity contribution < 1.29 is 4.74 Å². The van der Waals surface area contributed by atoms with Gasteiger partial charge in [-0.15, -0.1) is 0 Å². The molecule has 0 aliphatic rings. The van der Waals surface area contributed by atoms with Gasteiger partial charge in [0, 0.05) is 0 Å². The third-order valence-electron chi connectivity index (χ3n) is 15.9. The molecule has 0 aromatic heterocycles. The van der Waals surface area contributed by atoms with Gasteiger partial charge in [-0.2, -0.15) is 0 Å². The van der Waals surface area contributed by atoms with Crippen LogP contribution in [0, 0.1) is 0 Å². The van der Waals surface area contributed by atoms with E-state index in [2.05, 4.69) is 263 Å². The summed E-state index contributed by atoms with van der Waals surface area (Å²) in [5, 5.41) is 20.3. The fourth-order valence-corrected chi connectivity index (χ4v) is 32.3. The first kappa shape index (κ1) is 64.7. The minimum absolute atomic E-state index is 0.385. The Morgan fingerprint density at radius 1 is 0.272 bits per heavy atom. The van der Waals surface area contributed by atoms with Crippen LogP contribution in [0.2, 0.25) is 41.7 Å². The molecule has 424 valence electrons. The molecular formula is C72H90As4OP4. The van der Waals surface area contributed by atoms with Gasteiger partial charge in [0.25, 0.3) is 0 Å². The molecule has 0 saturated carbocycles. The summed E-state index contributed by atoms with van der Waals surface area (Å²) in [7, 11) is 1.54. The quantitative estimate of drug-likeness (QED) is 0.0322. The molecular weight excluding hydrogens is 1300 g/mol. The summed E-state index contributed by atoms with van der Waals surface area (Å²) < 4.78 is 8.42. The van der Waals surface area contributed by atoms with Crippen LogP contribution < -0.4 is 21.2 Å². The van der Waals surface area contributed by atoms with E-state index in [1.807, 2.05) is 0 Å². The summed E-state index contributed by atoms with van der Waals surface area (Å²) in [5.74, 6) is 0. The minimum atomic E-state index is -0.839. The van der Waals surface area contributed by atoms with E-state index in [1.165, 1.54) is 150 Å². The van der Waals surface area contributed by atoms with Crippen LogP contribution in [0.25, 0.3) is 44.5 Å². The number of ether oxygens (including phenoxy) is 1. The van der Waals surface area contributed by atoms with Crippen molar-refractivity contribution in [3.05, 3.63) is 216 Å². The average Bonchev–Trinajstić information content (AvgIpc) is 3.50. The summed E-state index contributed by atoms with van der Waals surface area (Å²) in [6, 6.07) is 75.7. The molecule has 8 aromatic rings. The first-order valence-electron chi connectivity index (χ1n) is 29.9. The molecule has 4 unspecified atom stereocenters. The molecule has 1 nitrogen and oxygen atoms in total. The molecule has 81 heavy (non-hydrogen) atoms. The summed E-state index contributed by atoms with van der Waals surface area (Å²) in [6.45, 7) is 24.1. The third kappa shape index (κ3) is 18.4. The van der Waals surface area contributed by atoms with Crippen LogP contribution in [0.1, 0.15) is 91.5 Å². The van der Waals surface area contributed by atoms with Gasteiger partial charge in [-0.3, -0.25) is 0 Å². The van der Waals surface area contributed by atoms with Crippen LogP contribution in [0.4, 0.5) is 0 Å². The number of hydrogen-bond acceptors (Lipinski definition) is 1. The topological polar surface area (TPSA) is 9.23 Å². The zero-order chi connectivity index (χ0) is 57.2. The van der Waals surface area contributed by atoms with Crippen molar-refractivity contribution in [3.63, 3.8) is 0 Å². The van der Waals surface area contributed by atoms with Crippen LogP contribution in [-0.4, -0.2) is 68.8 Å². The molecule has 0 fully saturated rings. The van der Waals surface area contributed by atoms with Crippen LogP contribution in [-0.2, 0) is 25.6 Å². The summed E-state index contributed by atoms with van der Waals surface area (Å²) in [6.07, 6.45) is 0. The Balaban J connectivity index is 1.24. The second kappa shape index (κ2) is 32.4. The molecule has 0 radical (unpaired) electrons. The zero-order valence-electron chi connectivity index (χ0n) is 50.2. The zero-order valence-corrected chi connectivity index (χ0v) is 61.7. The predicted octanol–water partition coefficient (Wildman–Crippen LogP) is 19.5. The molecule has 0 heterocycles. The monoisotopic (exact) mass is 1390 g/mol. The molecule has 8 aromatic carbocycles. The molecule has 0 bridgehead atoms. The molecule has 0 aliphatic heterocycles. The van der Waals surface area contributed by atoms with Crippen LogP contribution in [0.3, 0.4) is 0 Å². The SMILES string of the molecule is CC[As](CC)Cc1ccc(-c2ccccc2PC(C)(OC(C)(Pc2ccccc2-c2ccc(C[As](CC)CC)cc2)Pc2ccccc2-c2ccc(C[As](CC)CC)cc2)Pc2ccccc2-c2ccc(C[As](CC)CC)cc2)cc1. The van der Waals surface area contributed by atoms with E-state index in [0.29, 0.717) is 34.3 Å². The first-order chi connectivity index (χ1) is 39.4. The molecule has 4 atom stereocenters. The van der Waals surface area contributed by atoms with Gasteiger partial charge in [0.05, 0.1) is 0 Å². The van der Waals surface area contributed by atoms with Gasteiger partial charge >= 0.3 is 522 Å². The van der Waals surface area contributed by atoms with E-state index < -0.39 is 68.8 Å². The van der Waals surface area contributed by atoms with Crippen molar-refractivity contribution in [2.75, 3.05) is 0 Å². The predicted molar refractivity (Wildman–Crippen MR) is 379 cm³/mol. The van der Waals surface area contributed by atoms with E-state index >= 15 is 0 Å². The Kier molecular flexibility index (Phi) is 25.9. The van der Waals surface area contributed by atoms with E-state index in [0.717, 1.165) is 0 Å². The fraction of sp³-hybridized carbons (Fsp3) is 0.333. The van der Waals surface area contributed by atoms with Crippen molar-refractivity contribution in [1.29, 1.82) is 0 Å². The Morgan fingerprint density at radius 2 is 0.457 bits per heavy atom. The van der Waals surface area contributed by atoms with Gasteiger partial charge in [0.15, 0.2) is 0 Å². The van der Waals surface area contributed by atoms with Crippen LogP contribution >= 0.6 is 34.3 Å². The van der Waals surface area contributed by atoms with Gasteiger partial charge < -0.3 is 0 Å². The van der Waals surface area contributed by atoms with Crippen LogP contribution in [0.5, 0.6) is 0 Å². The average molecular weight is 1400 g/mol. The fourth-order valence-electron chi connectivity index (χ4n) is 11.0. The third-order valence-corrected chi connectivity index (χ3v) is 44.3. The first-order valence-corrected chi connectivity index (χ1v) is 49.8. The Labute approximate surface area is 516 Å². The second-order valence-corrected chi connectivity index (χ2v) is 54.0. The van der Waals surface area contributed by atoms with Crippen molar-refractivity contribution in [2.45, 2.75) is 142 Å². The van der Waals surface area contributed by atoms with Gasteiger partial charge in [0.2, 0.25) is 0 Å². The van der Waals surface area contributed by atoms with E-state index in [9.17, 15) is 0 Å². The summed E-state index contributed by atoms with van der Waals surface area (Å²) in [5.41, 5.74) is 16.5. The molecule has 0 N–H and O–H groups in total. The molecule has 0 spiro atoms.